The third-order valence-electron chi connectivity index (χ3n) is 4.92. The topological polar surface area (TPSA) is 55.1 Å². The standard InChI is InChI=1S/C18H38N2O/c1-6-11-16(12-7-2)18(13-8-3,17(19)21)20-14-15(9-4)10-5/h15-16,20H,6-14H2,1-5H3,(H2,19,21). The molecule has 3 heteroatoms. The molecular weight excluding hydrogens is 260 g/mol. The van der Waals surface area contributed by atoms with E-state index in [1.54, 1.807) is 0 Å². The fourth-order valence-corrected chi connectivity index (χ4v) is 3.48. The van der Waals surface area contributed by atoms with Crippen molar-refractivity contribution in [3.63, 3.8) is 0 Å². The van der Waals surface area contributed by atoms with Gasteiger partial charge in [-0.2, -0.15) is 0 Å². The first-order valence-electron chi connectivity index (χ1n) is 9.07. The van der Waals surface area contributed by atoms with E-state index in [1.165, 1.54) is 0 Å². The Balaban J connectivity index is 5.24. The van der Waals surface area contributed by atoms with Crippen LogP contribution in [0.5, 0.6) is 0 Å². The van der Waals surface area contributed by atoms with Gasteiger partial charge in [0, 0.05) is 0 Å². The first-order chi connectivity index (χ1) is 10.0. The van der Waals surface area contributed by atoms with Crippen LogP contribution >= 0.6 is 0 Å². The Labute approximate surface area is 132 Å². The quantitative estimate of drug-likeness (QED) is 0.534. The Hall–Kier alpha value is -0.570. The molecule has 0 saturated carbocycles. The summed E-state index contributed by atoms with van der Waals surface area (Å²) in [7, 11) is 0. The third kappa shape index (κ3) is 5.98. The fraction of sp³-hybridized carbons (Fsp3) is 0.944. The average Bonchev–Trinajstić information content (AvgIpc) is 2.46. The molecule has 0 saturated heterocycles. The Bertz CT molecular complexity index is 270. The average molecular weight is 299 g/mol. The van der Waals surface area contributed by atoms with Gasteiger partial charge in [-0.05, 0) is 37.6 Å². The zero-order chi connectivity index (χ0) is 16.3. The van der Waals surface area contributed by atoms with Crippen molar-refractivity contribution in [2.75, 3.05) is 6.54 Å². The van der Waals surface area contributed by atoms with Gasteiger partial charge >= 0.3 is 0 Å². The fourth-order valence-electron chi connectivity index (χ4n) is 3.48. The van der Waals surface area contributed by atoms with Crippen LogP contribution in [-0.4, -0.2) is 18.0 Å². The van der Waals surface area contributed by atoms with Crippen LogP contribution in [0.3, 0.4) is 0 Å². The van der Waals surface area contributed by atoms with Crippen molar-refractivity contribution in [1.29, 1.82) is 0 Å². The lowest BCUT2D eigenvalue weighted by Gasteiger charge is -2.40. The minimum Gasteiger partial charge on any atom is -0.368 e. The molecule has 1 unspecified atom stereocenters. The minimum atomic E-state index is -0.511. The molecule has 0 radical (unpaired) electrons. The van der Waals surface area contributed by atoms with Crippen LogP contribution in [0.25, 0.3) is 0 Å². The van der Waals surface area contributed by atoms with E-state index in [4.69, 9.17) is 5.73 Å². The van der Waals surface area contributed by atoms with Gasteiger partial charge in [0.25, 0.3) is 0 Å². The predicted octanol–water partition coefficient (Wildman–Crippen LogP) is 4.25. The van der Waals surface area contributed by atoms with Crippen LogP contribution in [-0.2, 0) is 4.79 Å². The molecule has 3 nitrogen and oxygen atoms in total. The summed E-state index contributed by atoms with van der Waals surface area (Å²) in [6.07, 6.45) is 8.51. The summed E-state index contributed by atoms with van der Waals surface area (Å²) in [5, 5.41) is 3.63. The minimum absolute atomic E-state index is 0.151. The summed E-state index contributed by atoms with van der Waals surface area (Å²) >= 11 is 0. The first-order valence-corrected chi connectivity index (χ1v) is 9.07. The molecule has 0 aliphatic heterocycles. The molecule has 0 fully saturated rings. The van der Waals surface area contributed by atoms with Gasteiger partial charge in [-0.3, -0.25) is 4.79 Å². The lowest BCUT2D eigenvalue weighted by atomic mass is 9.74. The number of hydrogen-bond donors (Lipinski definition) is 2. The molecule has 0 heterocycles. The van der Waals surface area contributed by atoms with Gasteiger partial charge in [-0.1, -0.05) is 66.7 Å². The normalized spacial score (nSPS) is 14.6. The van der Waals surface area contributed by atoms with E-state index in [1.807, 2.05) is 0 Å². The monoisotopic (exact) mass is 298 g/mol. The van der Waals surface area contributed by atoms with Crippen molar-refractivity contribution in [1.82, 2.24) is 5.32 Å². The van der Waals surface area contributed by atoms with E-state index in [9.17, 15) is 4.79 Å². The molecule has 1 atom stereocenters. The molecular formula is C18H38N2O. The highest BCUT2D eigenvalue weighted by Crippen LogP contribution is 2.31. The second-order valence-corrected chi connectivity index (χ2v) is 6.42. The van der Waals surface area contributed by atoms with Crippen molar-refractivity contribution in [2.45, 2.75) is 91.5 Å². The highest BCUT2D eigenvalue weighted by Gasteiger charge is 2.42. The maximum atomic E-state index is 12.4. The van der Waals surface area contributed by atoms with Crippen LogP contribution in [0.15, 0.2) is 0 Å². The molecule has 1 amide bonds. The van der Waals surface area contributed by atoms with Crippen molar-refractivity contribution in [3.05, 3.63) is 0 Å². The van der Waals surface area contributed by atoms with Crippen LogP contribution in [0.1, 0.15) is 86.0 Å². The third-order valence-corrected chi connectivity index (χ3v) is 4.92. The maximum absolute atomic E-state index is 12.4. The Morgan fingerprint density at radius 3 is 1.86 bits per heavy atom. The highest BCUT2D eigenvalue weighted by atomic mass is 16.1. The number of hydrogen-bond acceptors (Lipinski definition) is 2. The SMILES string of the molecule is CCCC(CCC)C(CCC)(NCC(CC)CC)C(N)=O. The van der Waals surface area contributed by atoms with Crippen LogP contribution < -0.4 is 11.1 Å². The van der Waals surface area contributed by atoms with Gasteiger partial charge in [0.15, 0.2) is 0 Å². The summed E-state index contributed by atoms with van der Waals surface area (Å²) in [5.41, 5.74) is 5.38. The number of nitrogens with two attached hydrogens (primary N) is 1. The molecule has 0 aliphatic rings. The second kappa shape index (κ2) is 11.1. The number of nitrogens with one attached hydrogen (secondary N) is 1. The van der Waals surface area contributed by atoms with Gasteiger partial charge < -0.3 is 11.1 Å². The maximum Gasteiger partial charge on any atom is 0.238 e. The molecule has 3 N–H and O–H groups in total. The second-order valence-electron chi connectivity index (χ2n) is 6.42. The van der Waals surface area contributed by atoms with Crippen molar-refractivity contribution >= 4 is 5.91 Å². The van der Waals surface area contributed by atoms with E-state index in [-0.39, 0.29) is 5.91 Å². The molecule has 126 valence electrons. The lowest BCUT2D eigenvalue weighted by Crippen LogP contribution is -2.61. The summed E-state index contributed by atoms with van der Waals surface area (Å²) in [5.74, 6) is 0.839. The van der Waals surface area contributed by atoms with E-state index >= 15 is 0 Å². The Morgan fingerprint density at radius 2 is 1.52 bits per heavy atom. The van der Waals surface area contributed by atoms with Gasteiger partial charge in [-0.15, -0.1) is 0 Å². The zero-order valence-corrected chi connectivity index (χ0v) is 15.0. The number of rotatable bonds is 13. The van der Waals surface area contributed by atoms with Crippen LogP contribution in [0.4, 0.5) is 0 Å². The van der Waals surface area contributed by atoms with E-state index < -0.39 is 5.54 Å². The Morgan fingerprint density at radius 1 is 1.00 bits per heavy atom. The molecule has 0 bridgehead atoms. The highest BCUT2D eigenvalue weighted by molar-refractivity contribution is 5.85. The number of amides is 1. The smallest absolute Gasteiger partial charge is 0.238 e. The molecule has 0 aliphatic carbocycles. The predicted molar refractivity (Wildman–Crippen MR) is 92.2 cm³/mol. The van der Waals surface area contributed by atoms with Gasteiger partial charge in [0.1, 0.15) is 5.54 Å². The molecule has 0 spiro atoms. The van der Waals surface area contributed by atoms with E-state index in [0.29, 0.717) is 11.8 Å². The lowest BCUT2D eigenvalue weighted by molar-refractivity contribution is -0.127. The summed E-state index contributed by atoms with van der Waals surface area (Å²) in [4.78, 5) is 12.4. The summed E-state index contributed by atoms with van der Waals surface area (Å²) in [6, 6.07) is 0. The largest absolute Gasteiger partial charge is 0.368 e. The van der Waals surface area contributed by atoms with Crippen molar-refractivity contribution in [2.24, 2.45) is 17.6 Å². The summed E-state index contributed by atoms with van der Waals surface area (Å²) < 4.78 is 0. The van der Waals surface area contributed by atoms with Crippen LogP contribution in [0.2, 0.25) is 0 Å². The first kappa shape index (κ1) is 20.4. The zero-order valence-electron chi connectivity index (χ0n) is 15.0. The molecule has 21 heavy (non-hydrogen) atoms. The van der Waals surface area contributed by atoms with Crippen LogP contribution in [0, 0.1) is 11.8 Å². The summed E-state index contributed by atoms with van der Waals surface area (Å²) in [6.45, 7) is 11.9. The molecule has 0 aromatic carbocycles. The number of primary amides is 1. The van der Waals surface area contributed by atoms with Gasteiger partial charge in [0.2, 0.25) is 5.91 Å². The van der Waals surface area contributed by atoms with Gasteiger partial charge in [0.05, 0.1) is 0 Å². The van der Waals surface area contributed by atoms with E-state index in [2.05, 4.69) is 39.9 Å². The number of carbonyl (C=O) groups excluding carboxylic acids is 1. The van der Waals surface area contributed by atoms with E-state index in [0.717, 1.165) is 57.9 Å². The Kier molecular flexibility index (Phi) is 10.8. The van der Waals surface area contributed by atoms with Gasteiger partial charge in [-0.25, -0.2) is 0 Å². The van der Waals surface area contributed by atoms with Crippen molar-refractivity contribution < 1.29 is 4.79 Å². The molecule has 0 rings (SSSR count). The molecule has 0 aromatic rings. The van der Waals surface area contributed by atoms with Crippen molar-refractivity contribution in [3.8, 4) is 0 Å². The number of carbonyl (C=O) groups is 1. The molecule has 0 aromatic heterocycles.